The molecule has 0 radical (unpaired) electrons. The molecular formula is C65H64N2. The lowest BCUT2D eigenvalue weighted by molar-refractivity contribution is 0.866. The highest BCUT2D eigenvalue weighted by atomic mass is 15.2. The van der Waals surface area contributed by atoms with Gasteiger partial charge >= 0.3 is 0 Å². The minimum absolute atomic E-state index is 0.364. The molecule has 0 N–H and O–H groups in total. The van der Waals surface area contributed by atoms with Gasteiger partial charge in [-0.05, 0) is 167 Å². The molecule has 0 fully saturated rings. The standard InChI is InChI=1S/C65H64N2/c1-40(2)45-19-26-54(27-20-45)66(56-30-23-50-33-47(42(5)6)15-17-52(50)35-56)64-38-62-59-32-25-49(44(9)10)37-63(59)65(39-61(62)58-13-11-12-14-60(58)64)67(55-28-21-46(22-29-55)41(3)4)57-31-24-51-34-48(43(7)8)16-18-53(51)36-57/h11-44H,1-10H3. The molecule has 10 aromatic rings. The third kappa shape index (κ3) is 8.22. The molecule has 0 unspecified atom stereocenters. The molecule has 0 aliphatic carbocycles. The van der Waals surface area contributed by atoms with Crippen LogP contribution in [0.4, 0.5) is 34.1 Å². The van der Waals surface area contributed by atoms with Crippen molar-refractivity contribution >= 4 is 88.0 Å². The van der Waals surface area contributed by atoms with Crippen LogP contribution in [0.2, 0.25) is 0 Å². The molecule has 67 heavy (non-hydrogen) atoms. The van der Waals surface area contributed by atoms with Gasteiger partial charge in [0.25, 0.3) is 0 Å². The molecular weight excluding hydrogens is 809 g/mol. The van der Waals surface area contributed by atoms with Gasteiger partial charge < -0.3 is 9.80 Å². The van der Waals surface area contributed by atoms with E-state index in [1.807, 2.05) is 0 Å². The van der Waals surface area contributed by atoms with Crippen molar-refractivity contribution in [3.63, 3.8) is 0 Å². The van der Waals surface area contributed by atoms with Crippen LogP contribution in [0.15, 0.2) is 176 Å². The Hall–Kier alpha value is -6.90. The third-order valence-corrected chi connectivity index (χ3v) is 14.3. The smallest absolute Gasteiger partial charge is 0.0546 e. The van der Waals surface area contributed by atoms with Crippen molar-refractivity contribution in [2.45, 2.75) is 98.8 Å². The molecule has 2 heteroatoms. The minimum atomic E-state index is 0.364. The molecule has 0 saturated heterocycles. The quantitative estimate of drug-likeness (QED) is 0.120. The van der Waals surface area contributed by atoms with Crippen LogP contribution >= 0.6 is 0 Å². The Labute approximate surface area is 398 Å². The van der Waals surface area contributed by atoms with Gasteiger partial charge in [0, 0.05) is 33.5 Å². The summed E-state index contributed by atoms with van der Waals surface area (Å²) in [5, 5.41) is 12.4. The van der Waals surface area contributed by atoms with E-state index in [0.29, 0.717) is 29.6 Å². The molecule has 0 bridgehead atoms. The maximum absolute atomic E-state index is 2.51. The monoisotopic (exact) mass is 873 g/mol. The number of hydrogen-bond acceptors (Lipinski definition) is 2. The molecule has 0 atom stereocenters. The molecule has 0 spiro atoms. The second-order valence-electron chi connectivity index (χ2n) is 20.4. The van der Waals surface area contributed by atoms with E-state index in [0.717, 1.165) is 28.4 Å². The fourth-order valence-corrected chi connectivity index (χ4v) is 10.1. The second-order valence-corrected chi connectivity index (χ2v) is 20.4. The summed E-state index contributed by atoms with van der Waals surface area (Å²) in [5.74, 6) is 2.19. The molecule has 0 amide bonds. The molecule has 0 heterocycles. The van der Waals surface area contributed by atoms with Gasteiger partial charge in [0.1, 0.15) is 0 Å². The van der Waals surface area contributed by atoms with Crippen LogP contribution < -0.4 is 9.80 Å². The average Bonchev–Trinajstić information content (AvgIpc) is 3.34. The molecule has 10 aromatic carbocycles. The number of nitrogens with zero attached hydrogens (tertiary/aromatic N) is 2. The van der Waals surface area contributed by atoms with Gasteiger partial charge in [-0.1, -0.05) is 178 Å². The largest absolute Gasteiger partial charge is 0.310 e. The van der Waals surface area contributed by atoms with Gasteiger partial charge in [0.05, 0.1) is 11.4 Å². The van der Waals surface area contributed by atoms with Crippen LogP contribution in [-0.2, 0) is 0 Å². The first-order valence-corrected chi connectivity index (χ1v) is 24.6. The van der Waals surface area contributed by atoms with E-state index in [1.165, 1.54) is 87.4 Å². The lowest BCUT2D eigenvalue weighted by Crippen LogP contribution is -2.12. The van der Waals surface area contributed by atoms with Crippen LogP contribution in [0, 0.1) is 0 Å². The third-order valence-electron chi connectivity index (χ3n) is 14.3. The summed E-state index contributed by atoms with van der Waals surface area (Å²) in [6.45, 7) is 22.8. The molecule has 0 aliphatic heterocycles. The van der Waals surface area contributed by atoms with Gasteiger partial charge in [0.15, 0.2) is 0 Å². The first kappa shape index (κ1) is 44.0. The van der Waals surface area contributed by atoms with E-state index in [1.54, 1.807) is 0 Å². The fourth-order valence-electron chi connectivity index (χ4n) is 10.1. The SMILES string of the molecule is CC(C)c1ccc(N(c2ccc3cc(C(C)C)ccc3c2)c2cc3c4ccc(C(C)C)cc4c(N(c4ccc(C(C)C)cc4)c4ccc5cc(C(C)C)ccc5c4)cc3c3ccccc23)cc1. The lowest BCUT2D eigenvalue weighted by Gasteiger charge is -2.30. The van der Waals surface area contributed by atoms with Gasteiger partial charge in [-0.15, -0.1) is 0 Å². The van der Waals surface area contributed by atoms with Crippen molar-refractivity contribution in [3.8, 4) is 0 Å². The summed E-state index contributed by atoms with van der Waals surface area (Å²) in [5.41, 5.74) is 13.6. The lowest BCUT2D eigenvalue weighted by atomic mass is 9.91. The van der Waals surface area contributed by atoms with E-state index in [-0.39, 0.29) is 0 Å². The average molecular weight is 873 g/mol. The van der Waals surface area contributed by atoms with Gasteiger partial charge in [0.2, 0.25) is 0 Å². The Morgan fingerprint density at radius 3 is 1.01 bits per heavy atom. The first-order chi connectivity index (χ1) is 32.3. The summed E-state index contributed by atoms with van der Waals surface area (Å²) in [6.07, 6.45) is 0. The fraction of sp³-hybridized carbons (Fsp3) is 0.231. The van der Waals surface area contributed by atoms with Crippen LogP contribution in [0.5, 0.6) is 0 Å². The van der Waals surface area contributed by atoms with Crippen LogP contribution in [0.1, 0.15) is 127 Å². The highest BCUT2D eigenvalue weighted by Gasteiger charge is 2.24. The van der Waals surface area contributed by atoms with E-state index in [2.05, 4.69) is 255 Å². The second kappa shape index (κ2) is 17.7. The predicted molar refractivity (Wildman–Crippen MR) is 294 cm³/mol. The maximum Gasteiger partial charge on any atom is 0.0546 e. The molecule has 0 saturated carbocycles. The van der Waals surface area contributed by atoms with Gasteiger partial charge in [-0.2, -0.15) is 0 Å². The number of benzene rings is 10. The van der Waals surface area contributed by atoms with Crippen molar-refractivity contribution in [1.82, 2.24) is 0 Å². The summed E-state index contributed by atoms with van der Waals surface area (Å²) in [4.78, 5) is 5.00. The summed E-state index contributed by atoms with van der Waals surface area (Å²) in [7, 11) is 0. The summed E-state index contributed by atoms with van der Waals surface area (Å²) in [6, 6.07) is 67.7. The number of anilines is 6. The van der Waals surface area contributed by atoms with Crippen LogP contribution in [0.25, 0.3) is 53.9 Å². The number of fused-ring (bicyclic) bond motifs is 7. The predicted octanol–water partition coefficient (Wildman–Crippen LogP) is 20.0. The van der Waals surface area contributed by atoms with Crippen molar-refractivity contribution in [3.05, 3.63) is 204 Å². The molecule has 10 rings (SSSR count). The maximum atomic E-state index is 2.51. The Bertz CT molecular complexity index is 3440. The summed E-state index contributed by atoms with van der Waals surface area (Å²) < 4.78 is 0. The van der Waals surface area contributed by atoms with E-state index in [9.17, 15) is 0 Å². The van der Waals surface area contributed by atoms with Crippen molar-refractivity contribution in [2.24, 2.45) is 0 Å². The Morgan fingerprint density at radius 1 is 0.239 bits per heavy atom. The van der Waals surface area contributed by atoms with E-state index in [4.69, 9.17) is 0 Å². The minimum Gasteiger partial charge on any atom is -0.310 e. The molecule has 2 nitrogen and oxygen atoms in total. The summed E-state index contributed by atoms with van der Waals surface area (Å²) >= 11 is 0. The highest BCUT2D eigenvalue weighted by Crippen LogP contribution is 2.49. The van der Waals surface area contributed by atoms with Crippen LogP contribution in [0.3, 0.4) is 0 Å². The van der Waals surface area contributed by atoms with Crippen molar-refractivity contribution < 1.29 is 0 Å². The zero-order chi connectivity index (χ0) is 46.7. The van der Waals surface area contributed by atoms with Crippen LogP contribution in [-0.4, -0.2) is 0 Å². The zero-order valence-electron chi connectivity index (χ0n) is 41.0. The number of rotatable bonds is 11. The van der Waals surface area contributed by atoms with E-state index < -0.39 is 0 Å². The molecule has 334 valence electrons. The first-order valence-electron chi connectivity index (χ1n) is 24.6. The highest BCUT2D eigenvalue weighted by molar-refractivity contribution is 6.25. The van der Waals surface area contributed by atoms with Crippen molar-refractivity contribution in [1.29, 1.82) is 0 Å². The Balaban J connectivity index is 1.26. The van der Waals surface area contributed by atoms with Crippen molar-refractivity contribution in [2.75, 3.05) is 9.80 Å². The van der Waals surface area contributed by atoms with E-state index >= 15 is 0 Å². The van der Waals surface area contributed by atoms with Gasteiger partial charge in [-0.3, -0.25) is 0 Å². The zero-order valence-corrected chi connectivity index (χ0v) is 41.0. The normalized spacial score (nSPS) is 12.1. The Kier molecular flexibility index (Phi) is 11.6. The number of hydrogen-bond donors (Lipinski definition) is 0. The Morgan fingerprint density at radius 2 is 0.567 bits per heavy atom. The topological polar surface area (TPSA) is 6.48 Å². The van der Waals surface area contributed by atoms with Gasteiger partial charge in [-0.25, -0.2) is 0 Å². The molecule has 0 aliphatic rings. The molecule has 0 aromatic heterocycles.